The lowest BCUT2D eigenvalue weighted by molar-refractivity contribution is -0.133. The molecule has 1 N–H and O–H groups in total. The summed E-state index contributed by atoms with van der Waals surface area (Å²) >= 11 is 1.25. The van der Waals surface area contributed by atoms with Crippen molar-refractivity contribution in [1.82, 2.24) is 19.4 Å². The normalized spacial score (nSPS) is 11.7. The molecule has 7 heteroatoms. The second kappa shape index (κ2) is 6.91. The third-order valence-corrected chi connectivity index (χ3v) is 4.36. The number of carboxylic acids is 1. The molecule has 0 aliphatic rings. The summed E-state index contributed by atoms with van der Waals surface area (Å²) in [5.41, 5.74) is 1.80. The van der Waals surface area contributed by atoms with Gasteiger partial charge in [-0.15, -0.1) is 0 Å². The highest BCUT2D eigenvalue weighted by Crippen LogP contribution is 2.23. The van der Waals surface area contributed by atoms with Crippen LogP contribution < -0.4 is 0 Å². The smallest absolute Gasteiger partial charge is 0.313 e. The van der Waals surface area contributed by atoms with Crippen molar-refractivity contribution in [2.75, 3.05) is 19.3 Å². The van der Waals surface area contributed by atoms with Crippen LogP contribution in [0.5, 0.6) is 0 Å². The van der Waals surface area contributed by atoms with Crippen LogP contribution in [0, 0.1) is 0 Å². The molecule has 0 aliphatic carbocycles. The maximum Gasteiger partial charge on any atom is 0.313 e. The van der Waals surface area contributed by atoms with Crippen LogP contribution in [0.4, 0.5) is 0 Å². The fourth-order valence-electron chi connectivity index (χ4n) is 1.93. The molecular formula is C14H20N4O2S. The summed E-state index contributed by atoms with van der Waals surface area (Å²) in [5.74, 6) is -0.826. The number of imidazole rings is 1. The number of carbonyl (C=O) groups is 1. The van der Waals surface area contributed by atoms with Gasteiger partial charge in [0.25, 0.3) is 0 Å². The molecule has 0 atom stereocenters. The summed E-state index contributed by atoms with van der Waals surface area (Å²) in [4.78, 5) is 21.6. The van der Waals surface area contributed by atoms with Gasteiger partial charge >= 0.3 is 5.97 Å². The van der Waals surface area contributed by atoms with Gasteiger partial charge in [-0.25, -0.2) is 4.98 Å². The first-order valence-corrected chi connectivity index (χ1v) is 7.82. The number of fused-ring (bicyclic) bond motifs is 1. The van der Waals surface area contributed by atoms with Gasteiger partial charge in [0, 0.05) is 25.3 Å². The van der Waals surface area contributed by atoms with E-state index in [1.807, 2.05) is 6.07 Å². The Labute approximate surface area is 128 Å². The van der Waals surface area contributed by atoms with Crippen molar-refractivity contribution in [2.45, 2.75) is 31.6 Å². The van der Waals surface area contributed by atoms with Crippen LogP contribution in [0.2, 0.25) is 0 Å². The fourth-order valence-corrected chi connectivity index (χ4v) is 2.69. The van der Waals surface area contributed by atoms with Gasteiger partial charge in [0.15, 0.2) is 5.16 Å². The van der Waals surface area contributed by atoms with E-state index in [1.54, 1.807) is 12.4 Å². The standard InChI is InChI=1S/C14H20N4O2S/c1-10(2)17(3)6-7-18-12-4-5-15-8-11(12)16-14(18)21-9-13(19)20/h4-5,8,10H,6-7,9H2,1-3H3,(H,19,20). The molecule has 0 aliphatic heterocycles. The molecule has 0 unspecified atom stereocenters. The van der Waals surface area contributed by atoms with Gasteiger partial charge < -0.3 is 14.6 Å². The van der Waals surface area contributed by atoms with E-state index in [2.05, 4.69) is 40.3 Å². The highest BCUT2D eigenvalue weighted by Gasteiger charge is 2.13. The predicted octanol–water partition coefficient (Wildman–Crippen LogP) is 1.95. The van der Waals surface area contributed by atoms with E-state index in [9.17, 15) is 4.79 Å². The van der Waals surface area contributed by atoms with Crippen LogP contribution in [0.3, 0.4) is 0 Å². The average Bonchev–Trinajstić information content (AvgIpc) is 2.80. The van der Waals surface area contributed by atoms with Crippen molar-refractivity contribution in [2.24, 2.45) is 0 Å². The molecule has 0 fully saturated rings. The van der Waals surface area contributed by atoms with E-state index < -0.39 is 5.97 Å². The maximum atomic E-state index is 10.8. The molecule has 114 valence electrons. The van der Waals surface area contributed by atoms with Gasteiger partial charge in [-0.2, -0.15) is 0 Å². The molecule has 2 heterocycles. The summed E-state index contributed by atoms with van der Waals surface area (Å²) in [6.07, 6.45) is 3.45. The Bertz CT molecular complexity index is 626. The number of pyridine rings is 1. The first-order valence-electron chi connectivity index (χ1n) is 6.84. The fraction of sp³-hybridized carbons (Fsp3) is 0.500. The zero-order valence-electron chi connectivity index (χ0n) is 12.5. The van der Waals surface area contributed by atoms with Gasteiger partial charge in [-0.3, -0.25) is 9.78 Å². The third-order valence-electron chi connectivity index (χ3n) is 3.40. The number of aliphatic carboxylic acids is 1. The van der Waals surface area contributed by atoms with Gasteiger partial charge in [0.1, 0.15) is 5.52 Å². The first-order chi connectivity index (χ1) is 9.99. The summed E-state index contributed by atoms with van der Waals surface area (Å²) in [6, 6.07) is 2.39. The number of rotatable bonds is 7. The van der Waals surface area contributed by atoms with E-state index in [0.717, 1.165) is 29.3 Å². The summed E-state index contributed by atoms with van der Waals surface area (Å²) in [7, 11) is 2.08. The molecular weight excluding hydrogens is 288 g/mol. The Morgan fingerprint density at radius 2 is 2.29 bits per heavy atom. The van der Waals surface area contributed by atoms with E-state index in [4.69, 9.17) is 5.11 Å². The van der Waals surface area contributed by atoms with Crippen LogP contribution in [0.25, 0.3) is 11.0 Å². The van der Waals surface area contributed by atoms with E-state index in [-0.39, 0.29) is 5.75 Å². The minimum Gasteiger partial charge on any atom is -0.481 e. The highest BCUT2D eigenvalue weighted by molar-refractivity contribution is 7.99. The Morgan fingerprint density at radius 1 is 1.52 bits per heavy atom. The molecule has 0 amide bonds. The summed E-state index contributed by atoms with van der Waals surface area (Å²) in [5, 5.41) is 9.59. The summed E-state index contributed by atoms with van der Waals surface area (Å²) < 4.78 is 2.07. The highest BCUT2D eigenvalue weighted by atomic mass is 32.2. The lowest BCUT2D eigenvalue weighted by Crippen LogP contribution is -2.29. The Balaban J connectivity index is 2.24. The zero-order chi connectivity index (χ0) is 15.4. The lowest BCUT2D eigenvalue weighted by Gasteiger charge is -2.21. The second-order valence-corrected chi connectivity index (χ2v) is 6.11. The lowest BCUT2D eigenvalue weighted by atomic mass is 10.3. The molecule has 0 radical (unpaired) electrons. The van der Waals surface area contributed by atoms with Gasteiger partial charge in [0.05, 0.1) is 17.5 Å². The monoisotopic (exact) mass is 308 g/mol. The van der Waals surface area contributed by atoms with Crippen molar-refractivity contribution >= 4 is 28.8 Å². The number of hydrogen-bond donors (Lipinski definition) is 1. The number of thioether (sulfide) groups is 1. The Hall–Kier alpha value is -1.60. The molecule has 0 aromatic carbocycles. The van der Waals surface area contributed by atoms with Crippen LogP contribution >= 0.6 is 11.8 Å². The molecule has 0 saturated heterocycles. The number of likely N-dealkylation sites (N-methyl/N-ethyl adjacent to an activating group) is 1. The Kier molecular flexibility index (Phi) is 5.19. The predicted molar refractivity (Wildman–Crippen MR) is 83.7 cm³/mol. The minimum atomic E-state index is -0.837. The molecule has 21 heavy (non-hydrogen) atoms. The molecule has 2 rings (SSSR count). The van der Waals surface area contributed by atoms with Gasteiger partial charge in [-0.1, -0.05) is 11.8 Å². The topological polar surface area (TPSA) is 71.2 Å². The van der Waals surface area contributed by atoms with E-state index >= 15 is 0 Å². The van der Waals surface area contributed by atoms with Gasteiger partial charge in [0.2, 0.25) is 0 Å². The van der Waals surface area contributed by atoms with Crippen molar-refractivity contribution in [1.29, 1.82) is 0 Å². The van der Waals surface area contributed by atoms with Crippen LogP contribution in [0.1, 0.15) is 13.8 Å². The average molecular weight is 308 g/mol. The zero-order valence-corrected chi connectivity index (χ0v) is 13.3. The molecule has 2 aromatic heterocycles. The molecule has 0 saturated carbocycles. The SMILES string of the molecule is CC(C)N(C)CCn1c(SCC(=O)O)nc2cnccc21. The number of aromatic nitrogens is 3. The van der Waals surface area contributed by atoms with E-state index in [1.165, 1.54) is 11.8 Å². The molecule has 2 aromatic rings. The second-order valence-electron chi connectivity index (χ2n) is 5.17. The largest absolute Gasteiger partial charge is 0.481 e. The first kappa shape index (κ1) is 15.8. The minimum absolute atomic E-state index is 0.0107. The third kappa shape index (κ3) is 3.95. The summed E-state index contributed by atoms with van der Waals surface area (Å²) in [6.45, 7) is 5.95. The number of nitrogens with zero attached hydrogens (tertiary/aromatic N) is 4. The van der Waals surface area contributed by atoms with Gasteiger partial charge in [-0.05, 0) is 27.0 Å². The quantitative estimate of drug-likeness (QED) is 0.788. The van der Waals surface area contributed by atoms with Crippen molar-refractivity contribution in [3.05, 3.63) is 18.5 Å². The number of hydrogen-bond acceptors (Lipinski definition) is 5. The molecule has 0 bridgehead atoms. The van der Waals surface area contributed by atoms with Crippen molar-refractivity contribution < 1.29 is 9.90 Å². The van der Waals surface area contributed by atoms with E-state index in [0.29, 0.717) is 6.04 Å². The molecule has 6 nitrogen and oxygen atoms in total. The number of carboxylic acid groups (broad SMARTS) is 1. The van der Waals surface area contributed by atoms with Crippen LogP contribution in [-0.2, 0) is 11.3 Å². The maximum absolute atomic E-state index is 10.8. The molecule has 0 spiro atoms. The van der Waals surface area contributed by atoms with Crippen molar-refractivity contribution in [3.8, 4) is 0 Å². The van der Waals surface area contributed by atoms with Crippen LogP contribution in [-0.4, -0.2) is 55.9 Å². The Morgan fingerprint density at radius 3 is 2.95 bits per heavy atom. The van der Waals surface area contributed by atoms with Crippen molar-refractivity contribution in [3.63, 3.8) is 0 Å². The van der Waals surface area contributed by atoms with Crippen LogP contribution in [0.15, 0.2) is 23.6 Å².